The average molecular weight is 784 g/mol. The van der Waals surface area contributed by atoms with Gasteiger partial charge in [0.05, 0.1) is 27.7 Å². The van der Waals surface area contributed by atoms with Gasteiger partial charge in [0.25, 0.3) is 7.82 Å². The molecule has 302 valence electrons. The summed E-state index contributed by atoms with van der Waals surface area (Å²) in [6, 6.07) is 7.51. The normalized spacial score (nSPS) is 13.5. The quantitative estimate of drug-likeness (QED) is 0.0181. The summed E-state index contributed by atoms with van der Waals surface area (Å²) < 4.78 is 38.8. The molecule has 1 heterocycles. The third-order valence-electron chi connectivity index (χ3n) is 8.89. The van der Waals surface area contributed by atoms with Crippen molar-refractivity contribution in [3.05, 3.63) is 40.2 Å². The zero-order chi connectivity index (χ0) is 39.0. The predicted molar refractivity (Wildman–Crippen MR) is 210 cm³/mol. The number of esters is 2. The standard InChI is InChI=1S/C40H66NO10PS/c1-6-7-8-9-10-11-12-15-18-21-27-47-40(44)37(32-49-52(45,46)48-28-26-41(3,4)5)51-38(42)23-20-17-14-13-16-19-22-29-53-34-24-25-35-33(2)30-39(43)50-36(35)31-34/h24-25,30-31,37H,6-23,26-29,32H2,1-5H3. The van der Waals surface area contributed by atoms with Gasteiger partial charge < -0.3 is 32.3 Å². The zero-order valence-corrected chi connectivity index (χ0v) is 34.7. The molecular weight excluding hydrogens is 717 g/mol. The number of carbonyl (C=O) groups is 2. The summed E-state index contributed by atoms with van der Waals surface area (Å²) in [6.45, 7) is 3.95. The molecule has 0 saturated heterocycles. The fraction of sp³-hybridized carbons (Fsp3) is 0.725. The molecule has 0 aliphatic carbocycles. The van der Waals surface area contributed by atoms with Gasteiger partial charge in [0.2, 0.25) is 6.10 Å². The van der Waals surface area contributed by atoms with Gasteiger partial charge in [-0.05, 0) is 55.7 Å². The first kappa shape index (κ1) is 46.9. The average Bonchev–Trinajstić information content (AvgIpc) is 3.08. The van der Waals surface area contributed by atoms with E-state index in [-0.39, 0.29) is 25.3 Å². The summed E-state index contributed by atoms with van der Waals surface area (Å²) in [6.07, 6.45) is 16.7. The van der Waals surface area contributed by atoms with Crippen molar-refractivity contribution in [3.8, 4) is 0 Å². The Balaban J connectivity index is 1.66. The summed E-state index contributed by atoms with van der Waals surface area (Å²) in [5, 5.41) is 0.955. The van der Waals surface area contributed by atoms with E-state index in [1.807, 2.05) is 40.2 Å². The van der Waals surface area contributed by atoms with Crippen LogP contribution < -0.4 is 10.5 Å². The van der Waals surface area contributed by atoms with Crippen LogP contribution in [0.1, 0.15) is 128 Å². The molecule has 13 heteroatoms. The van der Waals surface area contributed by atoms with Crippen LogP contribution in [-0.4, -0.2) is 75.8 Å². The zero-order valence-electron chi connectivity index (χ0n) is 33.0. The number of likely N-dealkylation sites (N-methyl/N-ethyl adjacent to an activating group) is 1. The Morgan fingerprint density at radius 1 is 0.830 bits per heavy atom. The molecule has 0 saturated carbocycles. The summed E-state index contributed by atoms with van der Waals surface area (Å²) in [5.74, 6) is -0.438. The molecule has 0 aliphatic rings. The third kappa shape index (κ3) is 22.7. The smallest absolute Gasteiger partial charge is 0.349 e. The molecule has 1 aromatic heterocycles. The second-order valence-electron chi connectivity index (χ2n) is 14.9. The molecule has 0 radical (unpaired) electrons. The third-order valence-corrected chi connectivity index (χ3v) is 10.9. The highest BCUT2D eigenvalue weighted by molar-refractivity contribution is 7.99. The number of thioether (sulfide) groups is 1. The largest absolute Gasteiger partial charge is 0.756 e. The number of hydrogen-bond acceptors (Lipinski definition) is 11. The first-order valence-corrected chi connectivity index (χ1v) is 22.2. The number of phosphoric ester groups is 1. The SMILES string of the molecule is CCCCCCCCCCCCOC(=O)C(COP(=O)([O-])OCC[N+](C)(C)C)OC(=O)CCCCCCCCCSc1ccc2c(C)cc(=O)oc2c1. The molecule has 2 aromatic rings. The van der Waals surface area contributed by atoms with E-state index in [9.17, 15) is 23.8 Å². The van der Waals surface area contributed by atoms with E-state index in [1.165, 1.54) is 44.6 Å². The maximum absolute atomic E-state index is 12.9. The van der Waals surface area contributed by atoms with E-state index < -0.39 is 32.5 Å². The van der Waals surface area contributed by atoms with Gasteiger partial charge in [-0.3, -0.25) is 9.36 Å². The van der Waals surface area contributed by atoms with Crippen LogP contribution in [-0.2, 0) is 32.7 Å². The van der Waals surface area contributed by atoms with Crippen molar-refractivity contribution in [1.29, 1.82) is 0 Å². The molecule has 0 aliphatic heterocycles. The molecule has 2 atom stereocenters. The van der Waals surface area contributed by atoms with Crippen LogP contribution in [0.3, 0.4) is 0 Å². The van der Waals surface area contributed by atoms with Crippen LogP contribution >= 0.6 is 19.6 Å². The number of hydrogen-bond donors (Lipinski definition) is 0. The summed E-state index contributed by atoms with van der Waals surface area (Å²) in [5.41, 5.74) is 1.21. The number of aryl methyl sites for hydroxylation is 1. The number of rotatable bonds is 31. The molecule has 2 rings (SSSR count). The van der Waals surface area contributed by atoms with Gasteiger partial charge in [0, 0.05) is 22.8 Å². The van der Waals surface area contributed by atoms with Crippen molar-refractivity contribution in [1.82, 2.24) is 0 Å². The predicted octanol–water partition coefficient (Wildman–Crippen LogP) is 8.90. The van der Waals surface area contributed by atoms with Crippen LogP contribution in [0.15, 0.2) is 38.4 Å². The van der Waals surface area contributed by atoms with E-state index >= 15 is 0 Å². The van der Waals surface area contributed by atoms with Gasteiger partial charge >= 0.3 is 17.6 Å². The van der Waals surface area contributed by atoms with Crippen LogP contribution in [0.5, 0.6) is 0 Å². The molecule has 0 amide bonds. The van der Waals surface area contributed by atoms with Crippen LogP contribution in [0, 0.1) is 6.92 Å². The molecule has 1 aromatic carbocycles. The lowest BCUT2D eigenvalue weighted by Gasteiger charge is -2.28. The molecule has 0 spiro atoms. The Labute approximate surface area is 322 Å². The number of phosphoric acid groups is 1. The van der Waals surface area contributed by atoms with Crippen molar-refractivity contribution in [2.24, 2.45) is 0 Å². The second-order valence-corrected chi connectivity index (χ2v) is 17.5. The molecule has 53 heavy (non-hydrogen) atoms. The second kappa shape index (κ2) is 26.6. The summed E-state index contributed by atoms with van der Waals surface area (Å²) in [7, 11) is 0.990. The Kier molecular flexibility index (Phi) is 23.5. The fourth-order valence-electron chi connectivity index (χ4n) is 5.69. The van der Waals surface area contributed by atoms with Crippen molar-refractivity contribution >= 4 is 42.5 Å². The minimum Gasteiger partial charge on any atom is -0.756 e. The molecule has 0 fully saturated rings. The molecule has 0 N–H and O–H groups in total. The number of unbranched alkanes of at least 4 members (excludes halogenated alkanes) is 15. The minimum atomic E-state index is -4.72. The molecule has 2 unspecified atom stereocenters. The number of carbonyl (C=O) groups excluding carboxylic acids is 2. The number of quaternary nitrogens is 1. The maximum atomic E-state index is 12.9. The van der Waals surface area contributed by atoms with E-state index in [2.05, 4.69) is 13.0 Å². The molecule has 0 bridgehead atoms. The van der Waals surface area contributed by atoms with E-state index in [1.54, 1.807) is 11.8 Å². The van der Waals surface area contributed by atoms with Crippen LogP contribution in [0.25, 0.3) is 11.0 Å². The van der Waals surface area contributed by atoms with Crippen LogP contribution in [0.4, 0.5) is 0 Å². The minimum absolute atomic E-state index is 0.0795. The Hall–Kier alpha value is -2.21. The van der Waals surface area contributed by atoms with E-state index in [4.69, 9.17) is 22.9 Å². The van der Waals surface area contributed by atoms with Crippen molar-refractivity contribution in [3.63, 3.8) is 0 Å². The topological polar surface area (TPSA) is 141 Å². The molecular formula is C40H66NO10PS. The van der Waals surface area contributed by atoms with E-state index in [0.29, 0.717) is 29.5 Å². The highest BCUT2D eigenvalue weighted by atomic mass is 32.2. The number of nitrogens with zero attached hydrogens (tertiary/aromatic N) is 1. The van der Waals surface area contributed by atoms with Gasteiger partial charge in [0.15, 0.2) is 0 Å². The Morgan fingerprint density at radius 2 is 1.43 bits per heavy atom. The maximum Gasteiger partial charge on any atom is 0.349 e. The number of ether oxygens (including phenoxy) is 2. The summed E-state index contributed by atoms with van der Waals surface area (Å²) >= 11 is 1.75. The van der Waals surface area contributed by atoms with Gasteiger partial charge in [-0.15, -0.1) is 11.8 Å². The highest BCUT2D eigenvalue weighted by Gasteiger charge is 2.27. The molecule has 11 nitrogen and oxygen atoms in total. The fourth-order valence-corrected chi connectivity index (χ4v) is 7.32. The number of fused-ring (bicyclic) bond motifs is 1. The monoisotopic (exact) mass is 783 g/mol. The van der Waals surface area contributed by atoms with Gasteiger partial charge in [-0.1, -0.05) is 96.8 Å². The van der Waals surface area contributed by atoms with Gasteiger partial charge in [0.1, 0.15) is 25.3 Å². The lowest BCUT2D eigenvalue weighted by molar-refractivity contribution is -0.870. The first-order valence-electron chi connectivity index (χ1n) is 19.7. The van der Waals surface area contributed by atoms with Crippen molar-refractivity contribution in [2.45, 2.75) is 140 Å². The van der Waals surface area contributed by atoms with Crippen molar-refractivity contribution in [2.75, 3.05) is 53.3 Å². The summed E-state index contributed by atoms with van der Waals surface area (Å²) in [4.78, 5) is 50.6. The van der Waals surface area contributed by atoms with Crippen LogP contribution in [0.2, 0.25) is 0 Å². The number of benzene rings is 1. The Morgan fingerprint density at radius 3 is 2.08 bits per heavy atom. The lowest BCUT2D eigenvalue weighted by Crippen LogP contribution is -2.38. The van der Waals surface area contributed by atoms with E-state index in [0.717, 1.165) is 79.4 Å². The first-order chi connectivity index (χ1) is 25.3. The van der Waals surface area contributed by atoms with Gasteiger partial charge in [-0.2, -0.15) is 0 Å². The Bertz CT molecular complexity index is 1440. The highest BCUT2D eigenvalue weighted by Crippen LogP contribution is 2.38. The van der Waals surface area contributed by atoms with Gasteiger partial charge in [-0.25, -0.2) is 9.59 Å². The van der Waals surface area contributed by atoms with Crippen molar-refractivity contribution < 1.29 is 46.5 Å². The lowest BCUT2D eigenvalue weighted by atomic mass is 10.1.